The molecule has 6 nitrogen and oxygen atoms in total. The molecule has 0 aliphatic heterocycles. The van der Waals surface area contributed by atoms with Gasteiger partial charge in [-0.2, -0.15) is 0 Å². The molecule has 6 heteroatoms. The van der Waals surface area contributed by atoms with Gasteiger partial charge in [0.05, 0.1) is 23.9 Å². The number of aliphatic carboxylic acids is 1. The van der Waals surface area contributed by atoms with Gasteiger partial charge < -0.3 is 15.8 Å². The molecule has 2 aromatic heterocycles. The summed E-state index contributed by atoms with van der Waals surface area (Å²) in [6, 6.07) is 4.77. The van der Waals surface area contributed by atoms with Crippen LogP contribution >= 0.6 is 0 Å². The first-order valence-corrected chi connectivity index (χ1v) is 5.11. The Kier molecular flexibility index (Phi) is 3.15. The molecule has 0 spiro atoms. The van der Waals surface area contributed by atoms with Crippen LogP contribution in [-0.4, -0.2) is 26.0 Å². The Balaban J connectivity index is 2.25. The molecule has 1 unspecified atom stereocenters. The summed E-state index contributed by atoms with van der Waals surface area (Å²) in [4.78, 5) is 21.8. The van der Waals surface area contributed by atoms with Crippen LogP contribution < -0.4 is 5.73 Å². The van der Waals surface area contributed by atoms with Gasteiger partial charge in [-0.3, -0.25) is 4.79 Å². The Bertz CT molecular complexity index is 510. The zero-order valence-electron chi connectivity index (χ0n) is 9.00. The Morgan fingerprint density at radius 2 is 2.35 bits per heavy atom. The predicted octanol–water partition coefficient (Wildman–Crippen LogP) is 0.946. The molecule has 0 amide bonds. The maximum Gasteiger partial charge on any atom is 0.305 e. The van der Waals surface area contributed by atoms with Gasteiger partial charge in [-0.05, 0) is 18.2 Å². The number of H-pyrrole nitrogens is 1. The first-order chi connectivity index (χ1) is 8.16. The van der Waals surface area contributed by atoms with Gasteiger partial charge in [0.25, 0.3) is 0 Å². The summed E-state index contributed by atoms with van der Waals surface area (Å²) < 4.78 is 0. The highest BCUT2D eigenvalue weighted by molar-refractivity contribution is 5.67. The molecule has 2 aromatic rings. The van der Waals surface area contributed by atoms with Crippen molar-refractivity contribution in [2.45, 2.75) is 12.5 Å². The van der Waals surface area contributed by atoms with Gasteiger partial charge in [0.2, 0.25) is 0 Å². The van der Waals surface area contributed by atoms with E-state index < -0.39 is 12.0 Å². The van der Waals surface area contributed by atoms with Gasteiger partial charge in [-0.25, -0.2) is 9.97 Å². The minimum absolute atomic E-state index is 0.186. The molecule has 0 aliphatic rings. The van der Waals surface area contributed by atoms with Crippen LogP contribution in [0.5, 0.6) is 0 Å². The molecule has 2 rings (SSSR count). The van der Waals surface area contributed by atoms with Crippen LogP contribution in [0.1, 0.15) is 18.3 Å². The molecule has 0 radical (unpaired) electrons. The third-order valence-corrected chi connectivity index (χ3v) is 2.27. The van der Waals surface area contributed by atoms with Gasteiger partial charge in [-0.1, -0.05) is 0 Å². The molecule has 17 heavy (non-hydrogen) atoms. The standard InChI is InChI=1S/C11H12N4O2/c12-7(6-10(16)17)11-14-5-3-9(15-11)8-2-1-4-13-8/h1-5,7,13H,6,12H2,(H,16,17). The predicted molar refractivity (Wildman–Crippen MR) is 61.0 cm³/mol. The lowest BCUT2D eigenvalue weighted by atomic mass is 10.2. The number of hydrogen-bond donors (Lipinski definition) is 3. The molecular weight excluding hydrogens is 220 g/mol. The highest BCUT2D eigenvalue weighted by Gasteiger charge is 2.14. The molecular formula is C11H12N4O2. The summed E-state index contributed by atoms with van der Waals surface area (Å²) in [6.07, 6.45) is 3.17. The highest BCUT2D eigenvalue weighted by atomic mass is 16.4. The zero-order valence-corrected chi connectivity index (χ0v) is 9.00. The lowest BCUT2D eigenvalue weighted by Gasteiger charge is -2.08. The summed E-state index contributed by atoms with van der Waals surface area (Å²) in [5, 5.41) is 8.66. The van der Waals surface area contributed by atoms with E-state index in [9.17, 15) is 4.79 Å². The minimum Gasteiger partial charge on any atom is -0.481 e. The Labute approximate surface area is 97.5 Å². The molecule has 1 atom stereocenters. The van der Waals surface area contributed by atoms with Gasteiger partial charge in [0.1, 0.15) is 5.82 Å². The number of carboxylic acid groups (broad SMARTS) is 1. The van der Waals surface area contributed by atoms with Gasteiger partial charge >= 0.3 is 5.97 Å². The lowest BCUT2D eigenvalue weighted by Crippen LogP contribution is -2.18. The third-order valence-electron chi connectivity index (χ3n) is 2.27. The highest BCUT2D eigenvalue weighted by Crippen LogP contribution is 2.16. The van der Waals surface area contributed by atoms with Crippen molar-refractivity contribution in [3.8, 4) is 11.4 Å². The summed E-state index contributed by atoms with van der Waals surface area (Å²) in [5.74, 6) is -0.633. The number of nitrogens with zero attached hydrogens (tertiary/aromatic N) is 2. The minimum atomic E-state index is -0.966. The molecule has 2 heterocycles. The quantitative estimate of drug-likeness (QED) is 0.727. The molecule has 0 bridgehead atoms. The number of nitrogens with one attached hydrogen (secondary N) is 1. The fourth-order valence-corrected chi connectivity index (χ4v) is 1.47. The topological polar surface area (TPSA) is 105 Å². The van der Waals surface area contributed by atoms with E-state index >= 15 is 0 Å². The first kappa shape index (κ1) is 11.3. The smallest absolute Gasteiger partial charge is 0.305 e. The number of hydrogen-bond acceptors (Lipinski definition) is 4. The van der Waals surface area contributed by atoms with E-state index in [1.165, 1.54) is 0 Å². The van der Waals surface area contributed by atoms with Crippen LogP contribution in [0.25, 0.3) is 11.4 Å². The Morgan fingerprint density at radius 1 is 1.53 bits per heavy atom. The maximum absolute atomic E-state index is 10.6. The van der Waals surface area contributed by atoms with Crippen molar-refractivity contribution in [3.05, 3.63) is 36.4 Å². The van der Waals surface area contributed by atoms with Gasteiger partial charge in [0.15, 0.2) is 0 Å². The molecule has 0 aliphatic carbocycles. The van der Waals surface area contributed by atoms with Crippen molar-refractivity contribution in [1.29, 1.82) is 0 Å². The summed E-state index contributed by atoms with van der Waals surface area (Å²) in [7, 11) is 0. The molecule has 0 saturated carbocycles. The van der Waals surface area contributed by atoms with E-state index in [0.717, 1.165) is 5.69 Å². The number of carboxylic acids is 1. The van der Waals surface area contributed by atoms with Crippen LogP contribution in [0.15, 0.2) is 30.6 Å². The number of aromatic nitrogens is 3. The summed E-state index contributed by atoms with van der Waals surface area (Å²) in [5.41, 5.74) is 7.24. The van der Waals surface area contributed by atoms with Gasteiger partial charge in [0, 0.05) is 12.4 Å². The molecule has 0 saturated heterocycles. The van der Waals surface area contributed by atoms with Crippen LogP contribution in [0.2, 0.25) is 0 Å². The van der Waals surface area contributed by atoms with E-state index in [4.69, 9.17) is 10.8 Å². The van der Waals surface area contributed by atoms with Crippen molar-refractivity contribution in [2.75, 3.05) is 0 Å². The fraction of sp³-hybridized carbons (Fsp3) is 0.182. The van der Waals surface area contributed by atoms with Gasteiger partial charge in [-0.15, -0.1) is 0 Å². The van der Waals surface area contributed by atoms with Crippen LogP contribution in [-0.2, 0) is 4.79 Å². The SMILES string of the molecule is NC(CC(=O)O)c1nccc(-c2ccc[nH]2)n1. The lowest BCUT2D eigenvalue weighted by molar-refractivity contribution is -0.137. The number of aromatic amines is 1. The fourth-order valence-electron chi connectivity index (χ4n) is 1.47. The average molecular weight is 232 g/mol. The maximum atomic E-state index is 10.6. The van der Waals surface area contributed by atoms with Crippen LogP contribution in [0, 0.1) is 0 Å². The van der Waals surface area contributed by atoms with Crippen molar-refractivity contribution in [3.63, 3.8) is 0 Å². The second kappa shape index (κ2) is 4.75. The zero-order chi connectivity index (χ0) is 12.3. The average Bonchev–Trinajstić information content (AvgIpc) is 2.82. The van der Waals surface area contributed by atoms with E-state index in [1.54, 1.807) is 18.5 Å². The van der Waals surface area contributed by atoms with E-state index in [0.29, 0.717) is 11.5 Å². The number of carbonyl (C=O) groups is 1. The number of nitrogens with two attached hydrogens (primary N) is 1. The summed E-state index contributed by atoms with van der Waals surface area (Å²) >= 11 is 0. The van der Waals surface area contributed by atoms with Crippen molar-refractivity contribution < 1.29 is 9.90 Å². The third kappa shape index (κ3) is 2.67. The largest absolute Gasteiger partial charge is 0.481 e. The van der Waals surface area contributed by atoms with Crippen molar-refractivity contribution in [1.82, 2.24) is 15.0 Å². The van der Waals surface area contributed by atoms with Crippen LogP contribution in [0.3, 0.4) is 0 Å². The number of rotatable bonds is 4. The van der Waals surface area contributed by atoms with E-state index in [-0.39, 0.29) is 6.42 Å². The molecule has 0 fully saturated rings. The monoisotopic (exact) mass is 232 g/mol. The Morgan fingerprint density at radius 3 is 3.00 bits per heavy atom. The molecule has 4 N–H and O–H groups in total. The first-order valence-electron chi connectivity index (χ1n) is 5.11. The summed E-state index contributed by atoms with van der Waals surface area (Å²) in [6.45, 7) is 0. The molecule has 88 valence electrons. The van der Waals surface area contributed by atoms with E-state index in [1.807, 2.05) is 12.1 Å². The normalized spacial score (nSPS) is 12.3. The van der Waals surface area contributed by atoms with Crippen molar-refractivity contribution >= 4 is 5.97 Å². The van der Waals surface area contributed by atoms with Crippen LogP contribution in [0.4, 0.5) is 0 Å². The van der Waals surface area contributed by atoms with E-state index in [2.05, 4.69) is 15.0 Å². The molecule has 0 aromatic carbocycles. The second-order valence-corrected chi connectivity index (χ2v) is 3.59. The Hall–Kier alpha value is -2.21. The second-order valence-electron chi connectivity index (χ2n) is 3.59. The van der Waals surface area contributed by atoms with Crippen molar-refractivity contribution in [2.24, 2.45) is 5.73 Å².